The second-order valence-corrected chi connectivity index (χ2v) is 5.05. The van der Waals surface area contributed by atoms with E-state index in [0.29, 0.717) is 26.1 Å². The summed E-state index contributed by atoms with van der Waals surface area (Å²) in [7, 11) is 3.62. The van der Waals surface area contributed by atoms with Crippen LogP contribution in [-0.4, -0.2) is 51.5 Å². The Balaban J connectivity index is 1.94. The van der Waals surface area contributed by atoms with Crippen molar-refractivity contribution in [2.75, 3.05) is 20.1 Å². The van der Waals surface area contributed by atoms with Gasteiger partial charge in [0.25, 0.3) is 0 Å². The first kappa shape index (κ1) is 13.6. The van der Waals surface area contributed by atoms with Gasteiger partial charge >= 0.3 is 0 Å². The lowest BCUT2D eigenvalue weighted by molar-refractivity contribution is -0.135. The molecule has 2 heterocycles. The van der Waals surface area contributed by atoms with Gasteiger partial charge in [-0.05, 0) is 6.92 Å². The van der Waals surface area contributed by atoms with Gasteiger partial charge in [0.05, 0.1) is 12.1 Å². The van der Waals surface area contributed by atoms with E-state index >= 15 is 0 Å². The third-order valence-electron chi connectivity index (χ3n) is 3.50. The standard InChI is InChI=1S/C13H20N4O2/c1-4-17-9-11(5-12(17)18)13(19)15(2)7-10-6-14-16(3)8-10/h6,8,11H,4-5,7,9H2,1-3H3. The number of aryl methyl sites for hydroxylation is 1. The fourth-order valence-corrected chi connectivity index (χ4v) is 2.46. The Morgan fingerprint density at radius 3 is 2.84 bits per heavy atom. The van der Waals surface area contributed by atoms with Crippen LogP contribution in [0.4, 0.5) is 0 Å². The third-order valence-corrected chi connectivity index (χ3v) is 3.50. The van der Waals surface area contributed by atoms with Crippen LogP contribution in [0.15, 0.2) is 12.4 Å². The molecule has 1 fully saturated rings. The van der Waals surface area contributed by atoms with Crippen molar-refractivity contribution in [2.45, 2.75) is 19.9 Å². The smallest absolute Gasteiger partial charge is 0.228 e. The first-order chi connectivity index (χ1) is 9.01. The second-order valence-electron chi connectivity index (χ2n) is 5.05. The van der Waals surface area contributed by atoms with Gasteiger partial charge in [-0.15, -0.1) is 0 Å². The lowest BCUT2D eigenvalue weighted by atomic mass is 10.1. The van der Waals surface area contributed by atoms with Crippen molar-refractivity contribution in [3.63, 3.8) is 0 Å². The highest BCUT2D eigenvalue weighted by Gasteiger charge is 2.34. The molecular weight excluding hydrogens is 244 g/mol. The first-order valence-corrected chi connectivity index (χ1v) is 6.51. The Morgan fingerprint density at radius 2 is 2.32 bits per heavy atom. The van der Waals surface area contributed by atoms with Gasteiger partial charge in [-0.25, -0.2) is 0 Å². The number of hydrogen-bond acceptors (Lipinski definition) is 3. The molecule has 1 aromatic rings. The van der Waals surface area contributed by atoms with Gasteiger partial charge in [0.15, 0.2) is 0 Å². The Kier molecular flexibility index (Phi) is 3.87. The van der Waals surface area contributed by atoms with Gasteiger partial charge in [-0.1, -0.05) is 0 Å². The van der Waals surface area contributed by atoms with Crippen LogP contribution in [0.25, 0.3) is 0 Å². The molecule has 2 amide bonds. The zero-order valence-electron chi connectivity index (χ0n) is 11.7. The Hall–Kier alpha value is -1.85. The molecule has 0 saturated carbocycles. The summed E-state index contributed by atoms with van der Waals surface area (Å²) in [5, 5.41) is 4.08. The molecule has 1 atom stereocenters. The normalized spacial score (nSPS) is 19.0. The molecule has 19 heavy (non-hydrogen) atoms. The quantitative estimate of drug-likeness (QED) is 0.783. The maximum absolute atomic E-state index is 12.3. The molecule has 1 aliphatic rings. The number of hydrogen-bond donors (Lipinski definition) is 0. The van der Waals surface area contributed by atoms with Gasteiger partial charge in [0.2, 0.25) is 11.8 Å². The predicted octanol–water partition coefficient (Wildman–Crippen LogP) is 0.247. The molecule has 104 valence electrons. The minimum absolute atomic E-state index is 0.0353. The number of carbonyl (C=O) groups is 2. The number of nitrogens with zero attached hydrogens (tertiary/aromatic N) is 4. The summed E-state index contributed by atoms with van der Waals surface area (Å²) >= 11 is 0. The van der Waals surface area contributed by atoms with E-state index in [9.17, 15) is 9.59 Å². The molecular formula is C13H20N4O2. The molecule has 1 aromatic heterocycles. The van der Waals surface area contributed by atoms with E-state index in [0.717, 1.165) is 5.56 Å². The van der Waals surface area contributed by atoms with Gasteiger partial charge < -0.3 is 9.80 Å². The van der Waals surface area contributed by atoms with Crippen LogP contribution < -0.4 is 0 Å². The van der Waals surface area contributed by atoms with E-state index in [2.05, 4.69) is 5.10 Å². The molecule has 1 saturated heterocycles. The van der Waals surface area contributed by atoms with Gasteiger partial charge in [0, 0.05) is 51.9 Å². The van der Waals surface area contributed by atoms with E-state index in [1.807, 2.05) is 20.2 Å². The zero-order chi connectivity index (χ0) is 14.0. The molecule has 0 N–H and O–H groups in total. The molecule has 2 rings (SSSR count). The van der Waals surface area contributed by atoms with Crippen molar-refractivity contribution in [3.8, 4) is 0 Å². The number of rotatable bonds is 4. The minimum Gasteiger partial charge on any atom is -0.342 e. The Labute approximate surface area is 113 Å². The molecule has 1 aliphatic heterocycles. The molecule has 0 radical (unpaired) electrons. The molecule has 0 spiro atoms. The minimum atomic E-state index is -0.200. The SMILES string of the molecule is CCN1CC(C(=O)N(C)Cc2cnn(C)c2)CC1=O. The third kappa shape index (κ3) is 2.94. The summed E-state index contributed by atoms with van der Waals surface area (Å²) < 4.78 is 1.71. The van der Waals surface area contributed by atoms with Crippen molar-refractivity contribution in [2.24, 2.45) is 13.0 Å². The first-order valence-electron chi connectivity index (χ1n) is 6.51. The average Bonchev–Trinajstić information content (AvgIpc) is 2.94. The lowest BCUT2D eigenvalue weighted by Gasteiger charge is -2.20. The highest BCUT2D eigenvalue weighted by atomic mass is 16.2. The highest BCUT2D eigenvalue weighted by Crippen LogP contribution is 2.20. The fourth-order valence-electron chi connectivity index (χ4n) is 2.46. The largest absolute Gasteiger partial charge is 0.342 e. The highest BCUT2D eigenvalue weighted by molar-refractivity contribution is 5.89. The van der Waals surface area contributed by atoms with Crippen LogP contribution in [0.5, 0.6) is 0 Å². The van der Waals surface area contributed by atoms with Gasteiger partial charge in [-0.2, -0.15) is 5.10 Å². The van der Waals surface area contributed by atoms with Crippen LogP contribution in [0, 0.1) is 5.92 Å². The van der Waals surface area contributed by atoms with E-state index in [4.69, 9.17) is 0 Å². The van der Waals surface area contributed by atoms with Crippen LogP contribution in [0.2, 0.25) is 0 Å². The molecule has 6 heteroatoms. The number of likely N-dealkylation sites (tertiary alicyclic amines) is 1. The average molecular weight is 264 g/mol. The molecule has 1 unspecified atom stereocenters. The number of amides is 2. The molecule has 0 bridgehead atoms. The maximum atomic E-state index is 12.3. The summed E-state index contributed by atoms with van der Waals surface area (Å²) in [6, 6.07) is 0. The lowest BCUT2D eigenvalue weighted by Crippen LogP contribution is -2.34. The molecule has 6 nitrogen and oxygen atoms in total. The van der Waals surface area contributed by atoms with Crippen LogP contribution in [-0.2, 0) is 23.2 Å². The van der Waals surface area contributed by atoms with Crippen molar-refractivity contribution >= 4 is 11.8 Å². The summed E-state index contributed by atoms with van der Waals surface area (Å²) in [4.78, 5) is 27.3. The van der Waals surface area contributed by atoms with Crippen molar-refractivity contribution < 1.29 is 9.59 Å². The summed E-state index contributed by atoms with van der Waals surface area (Å²) in [6.45, 7) is 3.69. The number of carbonyl (C=O) groups excluding carboxylic acids is 2. The van der Waals surface area contributed by atoms with Crippen LogP contribution in [0.1, 0.15) is 18.9 Å². The fraction of sp³-hybridized carbons (Fsp3) is 0.615. The summed E-state index contributed by atoms with van der Waals surface area (Å²) in [6.07, 6.45) is 3.98. The van der Waals surface area contributed by atoms with E-state index in [-0.39, 0.29) is 17.7 Å². The second kappa shape index (κ2) is 5.42. The monoisotopic (exact) mass is 264 g/mol. The van der Waals surface area contributed by atoms with Crippen molar-refractivity contribution in [3.05, 3.63) is 18.0 Å². The van der Waals surface area contributed by atoms with Crippen molar-refractivity contribution in [1.29, 1.82) is 0 Å². The van der Waals surface area contributed by atoms with E-state index in [1.54, 1.807) is 27.7 Å². The Bertz CT molecular complexity index is 483. The van der Waals surface area contributed by atoms with Gasteiger partial charge in [0.1, 0.15) is 0 Å². The summed E-state index contributed by atoms with van der Waals surface area (Å²) in [5.41, 5.74) is 0.995. The van der Waals surface area contributed by atoms with E-state index in [1.165, 1.54) is 0 Å². The molecule has 0 aliphatic carbocycles. The van der Waals surface area contributed by atoms with E-state index < -0.39 is 0 Å². The van der Waals surface area contributed by atoms with Crippen LogP contribution >= 0.6 is 0 Å². The predicted molar refractivity (Wildman–Crippen MR) is 70.0 cm³/mol. The summed E-state index contributed by atoms with van der Waals surface area (Å²) in [5.74, 6) is -0.0853. The van der Waals surface area contributed by atoms with Crippen molar-refractivity contribution in [1.82, 2.24) is 19.6 Å². The van der Waals surface area contributed by atoms with Gasteiger partial charge in [-0.3, -0.25) is 14.3 Å². The topological polar surface area (TPSA) is 58.4 Å². The zero-order valence-corrected chi connectivity index (χ0v) is 11.7. The molecule has 0 aromatic carbocycles. The van der Waals surface area contributed by atoms with Crippen LogP contribution in [0.3, 0.4) is 0 Å². The Morgan fingerprint density at radius 1 is 1.58 bits per heavy atom. The number of aromatic nitrogens is 2. The maximum Gasteiger partial charge on any atom is 0.228 e.